The minimum Gasteiger partial charge on any atom is -0.385 e. The zero-order chi connectivity index (χ0) is 11.2. The molecule has 1 atom stereocenters. The van der Waals surface area contributed by atoms with Gasteiger partial charge in [0.25, 0.3) is 0 Å². The van der Waals surface area contributed by atoms with Crippen LogP contribution in [0.2, 0.25) is 5.02 Å². The number of hydrogen-bond donors (Lipinski definition) is 2. The van der Waals surface area contributed by atoms with E-state index in [-0.39, 0.29) is 0 Å². The highest BCUT2D eigenvalue weighted by molar-refractivity contribution is 6.30. The Bertz CT molecular complexity index is 319. The molecule has 1 aliphatic rings. The van der Waals surface area contributed by atoms with Crippen LogP contribution in [0.3, 0.4) is 0 Å². The van der Waals surface area contributed by atoms with Gasteiger partial charge < -0.3 is 10.6 Å². The molecular weight excluding hydrogens is 220 g/mol. The Labute approximate surface area is 102 Å². The SMILES string of the molecule is Clc1cccc(NCC2CCCNCC2)c1. The van der Waals surface area contributed by atoms with Gasteiger partial charge in [-0.1, -0.05) is 17.7 Å². The smallest absolute Gasteiger partial charge is 0.0426 e. The molecule has 16 heavy (non-hydrogen) atoms. The van der Waals surface area contributed by atoms with Crippen LogP contribution in [-0.4, -0.2) is 19.6 Å². The zero-order valence-corrected chi connectivity index (χ0v) is 10.3. The summed E-state index contributed by atoms with van der Waals surface area (Å²) >= 11 is 5.94. The topological polar surface area (TPSA) is 24.1 Å². The molecule has 2 rings (SSSR count). The maximum atomic E-state index is 5.94. The highest BCUT2D eigenvalue weighted by atomic mass is 35.5. The van der Waals surface area contributed by atoms with Crippen LogP contribution >= 0.6 is 11.6 Å². The summed E-state index contributed by atoms with van der Waals surface area (Å²) in [5.41, 5.74) is 1.13. The van der Waals surface area contributed by atoms with Crippen LogP contribution in [0, 0.1) is 5.92 Å². The second-order valence-electron chi connectivity index (χ2n) is 4.44. The molecule has 1 unspecified atom stereocenters. The Morgan fingerprint density at radius 1 is 1.31 bits per heavy atom. The summed E-state index contributed by atoms with van der Waals surface area (Å²) in [5, 5.41) is 7.71. The molecule has 2 N–H and O–H groups in total. The quantitative estimate of drug-likeness (QED) is 0.846. The summed E-state index contributed by atoms with van der Waals surface area (Å²) in [5.74, 6) is 0.786. The number of rotatable bonds is 3. The maximum absolute atomic E-state index is 5.94. The summed E-state index contributed by atoms with van der Waals surface area (Å²) < 4.78 is 0. The van der Waals surface area contributed by atoms with Gasteiger partial charge >= 0.3 is 0 Å². The third kappa shape index (κ3) is 3.69. The van der Waals surface area contributed by atoms with Crippen molar-refractivity contribution >= 4 is 17.3 Å². The summed E-state index contributed by atoms with van der Waals surface area (Å²) in [4.78, 5) is 0. The average molecular weight is 239 g/mol. The van der Waals surface area contributed by atoms with Gasteiger partial charge in [-0.25, -0.2) is 0 Å². The molecule has 1 aromatic carbocycles. The summed E-state index contributed by atoms with van der Waals surface area (Å²) in [6.45, 7) is 3.39. The first kappa shape index (κ1) is 11.7. The molecule has 0 saturated carbocycles. The van der Waals surface area contributed by atoms with Crippen LogP contribution in [0.15, 0.2) is 24.3 Å². The molecule has 1 heterocycles. The van der Waals surface area contributed by atoms with Gasteiger partial charge in [0, 0.05) is 17.3 Å². The molecule has 0 aliphatic carbocycles. The standard InChI is InChI=1S/C13H19ClN2/c14-12-4-1-5-13(9-12)16-10-11-3-2-7-15-8-6-11/h1,4-5,9,11,15-16H,2-3,6-8,10H2. The van der Waals surface area contributed by atoms with E-state index in [4.69, 9.17) is 11.6 Å². The molecule has 0 aromatic heterocycles. The number of benzene rings is 1. The zero-order valence-electron chi connectivity index (χ0n) is 9.51. The van der Waals surface area contributed by atoms with Crippen molar-refractivity contribution in [3.05, 3.63) is 29.3 Å². The first-order valence-corrected chi connectivity index (χ1v) is 6.42. The maximum Gasteiger partial charge on any atom is 0.0426 e. The molecule has 0 amide bonds. The van der Waals surface area contributed by atoms with Gasteiger partial charge in [0.15, 0.2) is 0 Å². The lowest BCUT2D eigenvalue weighted by molar-refractivity contribution is 0.496. The van der Waals surface area contributed by atoms with Crippen molar-refractivity contribution in [2.24, 2.45) is 5.92 Å². The summed E-state index contributed by atoms with van der Waals surface area (Å²) in [6, 6.07) is 7.94. The average Bonchev–Trinajstić information content (AvgIpc) is 2.55. The van der Waals surface area contributed by atoms with Crippen molar-refractivity contribution in [3.8, 4) is 0 Å². The first-order valence-electron chi connectivity index (χ1n) is 6.05. The fourth-order valence-corrected chi connectivity index (χ4v) is 2.35. The van der Waals surface area contributed by atoms with Gasteiger partial charge in [0.05, 0.1) is 0 Å². The normalized spacial score (nSPS) is 21.4. The van der Waals surface area contributed by atoms with E-state index in [1.54, 1.807) is 0 Å². The third-order valence-electron chi connectivity index (χ3n) is 3.11. The molecule has 1 aliphatic heterocycles. The lowest BCUT2D eigenvalue weighted by Gasteiger charge is -2.15. The molecule has 1 aromatic rings. The van der Waals surface area contributed by atoms with Gasteiger partial charge in [0.2, 0.25) is 0 Å². The van der Waals surface area contributed by atoms with E-state index in [9.17, 15) is 0 Å². The Balaban J connectivity index is 1.81. The number of anilines is 1. The van der Waals surface area contributed by atoms with E-state index < -0.39 is 0 Å². The Kier molecular flexibility index (Phi) is 4.49. The highest BCUT2D eigenvalue weighted by Crippen LogP contribution is 2.18. The Morgan fingerprint density at radius 3 is 3.12 bits per heavy atom. The lowest BCUT2D eigenvalue weighted by atomic mass is 10.0. The number of halogens is 1. The van der Waals surface area contributed by atoms with E-state index >= 15 is 0 Å². The van der Waals surface area contributed by atoms with E-state index in [1.807, 2.05) is 18.2 Å². The molecule has 0 spiro atoms. The van der Waals surface area contributed by atoms with E-state index in [0.717, 1.165) is 29.7 Å². The highest BCUT2D eigenvalue weighted by Gasteiger charge is 2.11. The molecule has 0 bridgehead atoms. The second kappa shape index (κ2) is 6.12. The summed E-state index contributed by atoms with van der Waals surface area (Å²) in [6.07, 6.45) is 3.88. The van der Waals surface area contributed by atoms with Crippen LogP contribution in [0.5, 0.6) is 0 Å². The van der Waals surface area contributed by atoms with Gasteiger partial charge in [-0.3, -0.25) is 0 Å². The van der Waals surface area contributed by atoms with Crippen molar-refractivity contribution in [2.75, 3.05) is 25.0 Å². The van der Waals surface area contributed by atoms with Crippen LogP contribution in [-0.2, 0) is 0 Å². The lowest BCUT2D eigenvalue weighted by Crippen LogP contribution is -2.17. The van der Waals surface area contributed by atoms with Crippen molar-refractivity contribution in [2.45, 2.75) is 19.3 Å². The van der Waals surface area contributed by atoms with E-state index in [0.29, 0.717) is 0 Å². The van der Waals surface area contributed by atoms with Crippen LogP contribution in [0.1, 0.15) is 19.3 Å². The molecule has 1 saturated heterocycles. The largest absolute Gasteiger partial charge is 0.385 e. The molecule has 3 heteroatoms. The number of nitrogens with one attached hydrogen (secondary N) is 2. The monoisotopic (exact) mass is 238 g/mol. The van der Waals surface area contributed by atoms with Crippen molar-refractivity contribution in [1.82, 2.24) is 5.32 Å². The van der Waals surface area contributed by atoms with Gasteiger partial charge in [0.1, 0.15) is 0 Å². The molecule has 1 fully saturated rings. The molecule has 0 radical (unpaired) electrons. The number of hydrogen-bond acceptors (Lipinski definition) is 2. The Hall–Kier alpha value is -0.730. The van der Waals surface area contributed by atoms with Crippen LogP contribution < -0.4 is 10.6 Å². The Morgan fingerprint density at radius 2 is 2.25 bits per heavy atom. The molecule has 88 valence electrons. The van der Waals surface area contributed by atoms with Gasteiger partial charge in [-0.2, -0.15) is 0 Å². The fraction of sp³-hybridized carbons (Fsp3) is 0.538. The first-order chi connectivity index (χ1) is 7.84. The van der Waals surface area contributed by atoms with Crippen molar-refractivity contribution < 1.29 is 0 Å². The van der Waals surface area contributed by atoms with Crippen LogP contribution in [0.4, 0.5) is 5.69 Å². The van der Waals surface area contributed by atoms with Crippen molar-refractivity contribution in [1.29, 1.82) is 0 Å². The fourth-order valence-electron chi connectivity index (χ4n) is 2.16. The van der Waals surface area contributed by atoms with Gasteiger partial charge in [-0.15, -0.1) is 0 Å². The molecule has 2 nitrogen and oxygen atoms in total. The van der Waals surface area contributed by atoms with E-state index in [2.05, 4.69) is 16.7 Å². The third-order valence-corrected chi connectivity index (χ3v) is 3.35. The molecular formula is C13H19ClN2. The second-order valence-corrected chi connectivity index (χ2v) is 4.87. The van der Waals surface area contributed by atoms with E-state index in [1.165, 1.54) is 25.8 Å². The predicted molar refractivity (Wildman–Crippen MR) is 70.2 cm³/mol. The van der Waals surface area contributed by atoms with Gasteiger partial charge in [-0.05, 0) is 56.5 Å². The minimum atomic E-state index is 0.786. The predicted octanol–water partition coefficient (Wildman–Crippen LogP) is 3.14. The summed E-state index contributed by atoms with van der Waals surface area (Å²) in [7, 11) is 0. The minimum absolute atomic E-state index is 0.786. The van der Waals surface area contributed by atoms with Crippen LogP contribution in [0.25, 0.3) is 0 Å². The van der Waals surface area contributed by atoms with Crippen molar-refractivity contribution in [3.63, 3.8) is 0 Å².